The van der Waals surface area contributed by atoms with Gasteiger partial charge in [-0.1, -0.05) is 6.07 Å². The molecule has 2 rings (SSSR count). The van der Waals surface area contributed by atoms with Gasteiger partial charge >= 0.3 is 0 Å². The minimum atomic E-state index is -0.673. The lowest BCUT2D eigenvalue weighted by Gasteiger charge is -2.43. The van der Waals surface area contributed by atoms with Gasteiger partial charge in [-0.15, -0.1) is 0 Å². The average molecular weight is 362 g/mol. The fourth-order valence-electron chi connectivity index (χ4n) is 3.22. The summed E-state index contributed by atoms with van der Waals surface area (Å²) >= 11 is 0. The summed E-state index contributed by atoms with van der Waals surface area (Å²) in [7, 11) is 8.70. The molecule has 1 saturated heterocycles. The van der Waals surface area contributed by atoms with Crippen LogP contribution in [0.25, 0.3) is 0 Å². The number of carbonyl (C=O) groups is 2. The van der Waals surface area contributed by atoms with Crippen LogP contribution in [0.4, 0.5) is 5.69 Å². The third-order valence-electron chi connectivity index (χ3n) is 4.84. The molecule has 7 nitrogen and oxygen atoms in total. The van der Waals surface area contributed by atoms with Gasteiger partial charge in [-0.2, -0.15) is 0 Å². The van der Waals surface area contributed by atoms with Gasteiger partial charge in [0.25, 0.3) is 0 Å². The van der Waals surface area contributed by atoms with Crippen LogP contribution >= 0.6 is 0 Å². The number of methoxy groups -OCH3 is 1. The summed E-state index contributed by atoms with van der Waals surface area (Å²) in [6, 6.07) is 7.61. The van der Waals surface area contributed by atoms with E-state index >= 15 is 0 Å². The van der Waals surface area contributed by atoms with Crippen molar-refractivity contribution >= 4 is 17.5 Å². The summed E-state index contributed by atoms with van der Waals surface area (Å²) in [4.78, 5) is 30.2. The molecule has 1 aliphatic heterocycles. The topological polar surface area (TPSA) is 65.1 Å². The third-order valence-corrected chi connectivity index (χ3v) is 4.84. The van der Waals surface area contributed by atoms with E-state index in [4.69, 9.17) is 4.74 Å². The van der Waals surface area contributed by atoms with E-state index in [-0.39, 0.29) is 11.8 Å². The van der Waals surface area contributed by atoms with E-state index in [0.717, 1.165) is 11.4 Å². The first kappa shape index (κ1) is 20.0. The summed E-state index contributed by atoms with van der Waals surface area (Å²) in [6.07, 6.45) is 1.28. The molecule has 0 aromatic heterocycles. The molecular weight excluding hydrogens is 332 g/mol. The molecule has 0 radical (unpaired) electrons. The first-order valence-electron chi connectivity index (χ1n) is 8.84. The van der Waals surface area contributed by atoms with Crippen LogP contribution in [-0.2, 0) is 9.59 Å². The molecule has 0 bridgehead atoms. The van der Waals surface area contributed by atoms with E-state index < -0.39 is 5.54 Å². The summed E-state index contributed by atoms with van der Waals surface area (Å²) < 4.78 is 5.28. The van der Waals surface area contributed by atoms with Crippen molar-refractivity contribution in [1.82, 2.24) is 14.7 Å². The van der Waals surface area contributed by atoms with Gasteiger partial charge < -0.3 is 19.9 Å². The predicted octanol–water partition coefficient (Wildman–Crippen LogP) is 1.12. The largest absolute Gasteiger partial charge is 0.497 e. The van der Waals surface area contributed by atoms with Gasteiger partial charge in [0.05, 0.1) is 13.7 Å². The molecule has 0 aliphatic carbocycles. The SMILES string of the molecule is COc1cccc(NC2(C(=O)N(C)C)CCN(CC(=O)N(C)C)CC2)c1. The molecule has 144 valence electrons. The number of nitrogens with one attached hydrogen (secondary N) is 1. The first-order valence-corrected chi connectivity index (χ1v) is 8.84. The molecule has 2 amide bonds. The van der Waals surface area contributed by atoms with Crippen LogP contribution in [0.3, 0.4) is 0 Å². The van der Waals surface area contributed by atoms with Crippen molar-refractivity contribution in [2.24, 2.45) is 0 Å². The lowest BCUT2D eigenvalue weighted by molar-refractivity contribution is -0.135. The van der Waals surface area contributed by atoms with Crippen LogP contribution in [0.15, 0.2) is 24.3 Å². The van der Waals surface area contributed by atoms with Gasteiger partial charge in [-0.3, -0.25) is 14.5 Å². The molecule has 0 atom stereocenters. The number of benzene rings is 1. The quantitative estimate of drug-likeness (QED) is 0.822. The average Bonchev–Trinajstić information content (AvgIpc) is 2.62. The van der Waals surface area contributed by atoms with Crippen molar-refractivity contribution in [1.29, 1.82) is 0 Å². The standard InChI is InChI=1S/C19H30N4O3/c1-21(2)17(24)14-23-11-9-19(10-12-23,18(25)22(3)4)20-15-7-6-8-16(13-15)26-5/h6-8,13,20H,9-12,14H2,1-5H3. The Labute approximate surface area is 155 Å². The fraction of sp³-hybridized carbons (Fsp3) is 0.579. The number of hydrogen-bond acceptors (Lipinski definition) is 5. The van der Waals surface area contributed by atoms with Crippen LogP contribution in [0.2, 0.25) is 0 Å². The number of anilines is 1. The molecule has 1 aliphatic rings. The van der Waals surface area contributed by atoms with Crippen LogP contribution < -0.4 is 10.1 Å². The Bertz CT molecular complexity index is 637. The number of likely N-dealkylation sites (tertiary alicyclic amines) is 1. The second-order valence-corrected chi connectivity index (χ2v) is 7.20. The number of likely N-dealkylation sites (N-methyl/N-ethyl adjacent to an activating group) is 2. The molecule has 1 aromatic carbocycles. The Morgan fingerprint density at radius 2 is 1.81 bits per heavy atom. The highest BCUT2D eigenvalue weighted by Crippen LogP contribution is 2.30. The van der Waals surface area contributed by atoms with E-state index in [1.807, 2.05) is 24.3 Å². The Morgan fingerprint density at radius 1 is 1.15 bits per heavy atom. The maximum atomic E-state index is 13.0. The highest BCUT2D eigenvalue weighted by Gasteiger charge is 2.42. The zero-order valence-electron chi connectivity index (χ0n) is 16.4. The molecule has 0 saturated carbocycles. The number of hydrogen-bond donors (Lipinski definition) is 1. The molecule has 1 aromatic rings. The van der Waals surface area contributed by atoms with Gasteiger partial charge in [0.1, 0.15) is 11.3 Å². The number of piperidine rings is 1. The molecule has 0 spiro atoms. The maximum Gasteiger partial charge on any atom is 0.247 e. The van der Waals surface area contributed by atoms with Crippen LogP contribution in [-0.4, -0.2) is 87.0 Å². The van der Waals surface area contributed by atoms with Gasteiger partial charge in [0, 0.05) is 53.0 Å². The second kappa shape index (κ2) is 8.40. The monoisotopic (exact) mass is 362 g/mol. The zero-order chi connectivity index (χ0) is 19.3. The van der Waals surface area contributed by atoms with Crippen LogP contribution in [0.5, 0.6) is 5.75 Å². The van der Waals surface area contributed by atoms with Crippen molar-refractivity contribution in [3.8, 4) is 5.75 Å². The first-order chi connectivity index (χ1) is 12.3. The van der Waals surface area contributed by atoms with E-state index in [1.165, 1.54) is 0 Å². The third kappa shape index (κ3) is 4.66. The van der Waals surface area contributed by atoms with E-state index in [9.17, 15) is 9.59 Å². The van der Waals surface area contributed by atoms with E-state index in [1.54, 1.807) is 45.1 Å². The highest BCUT2D eigenvalue weighted by atomic mass is 16.5. The summed E-state index contributed by atoms with van der Waals surface area (Å²) in [5, 5.41) is 3.45. The lowest BCUT2D eigenvalue weighted by Crippen LogP contribution is -2.58. The van der Waals surface area contributed by atoms with Gasteiger partial charge in [-0.05, 0) is 25.0 Å². The smallest absolute Gasteiger partial charge is 0.247 e. The van der Waals surface area contributed by atoms with Crippen molar-refractivity contribution < 1.29 is 14.3 Å². The summed E-state index contributed by atoms with van der Waals surface area (Å²) in [5.41, 5.74) is 0.186. The predicted molar refractivity (Wildman–Crippen MR) is 102 cm³/mol. The van der Waals surface area contributed by atoms with Crippen molar-refractivity contribution in [3.63, 3.8) is 0 Å². The summed E-state index contributed by atoms with van der Waals surface area (Å²) in [5.74, 6) is 0.882. The zero-order valence-corrected chi connectivity index (χ0v) is 16.4. The molecule has 7 heteroatoms. The summed E-state index contributed by atoms with van der Waals surface area (Å²) in [6.45, 7) is 1.77. The normalized spacial score (nSPS) is 16.7. The number of nitrogens with zero attached hydrogens (tertiary/aromatic N) is 3. The second-order valence-electron chi connectivity index (χ2n) is 7.20. The van der Waals surface area contributed by atoms with Crippen LogP contribution in [0.1, 0.15) is 12.8 Å². The Morgan fingerprint density at radius 3 is 2.35 bits per heavy atom. The van der Waals surface area contributed by atoms with Crippen LogP contribution in [0, 0.1) is 0 Å². The number of rotatable bonds is 6. The maximum absolute atomic E-state index is 13.0. The minimum absolute atomic E-state index is 0.0545. The molecule has 26 heavy (non-hydrogen) atoms. The molecular formula is C19H30N4O3. The van der Waals surface area contributed by atoms with Gasteiger partial charge in [0.2, 0.25) is 11.8 Å². The van der Waals surface area contributed by atoms with E-state index in [0.29, 0.717) is 32.5 Å². The van der Waals surface area contributed by atoms with Crippen molar-refractivity contribution in [2.45, 2.75) is 18.4 Å². The fourth-order valence-corrected chi connectivity index (χ4v) is 3.22. The number of carbonyl (C=O) groups excluding carboxylic acids is 2. The number of amides is 2. The lowest BCUT2D eigenvalue weighted by atomic mass is 9.85. The van der Waals surface area contributed by atoms with Gasteiger partial charge in [0.15, 0.2) is 0 Å². The van der Waals surface area contributed by atoms with Crippen molar-refractivity contribution in [3.05, 3.63) is 24.3 Å². The van der Waals surface area contributed by atoms with Crippen molar-refractivity contribution in [2.75, 3.05) is 60.3 Å². The molecule has 1 heterocycles. The Kier molecular flexibility index (Phi) is 6.47. The highest BCUT2D eigenvalue weighted by molar-refractivity contribution is 5.89. The Balaban J connectivity index is 2.15. The molecule has 1 N–H and O–H groups in total. The van der Waals surface area contributed by atoms with E-state index in [2.05, 4.69) is 10.2 Å². The number of ether oxygens (including phenoxy) is 1. The molecule has 0 unspecified atom stereocenters. The minimum Gasteiger partial charge on any atom is -0.497 e. The van der Waals surface area contributed by atoms with Gasteiger partial charge in [-0.25, -0.2) is 0 Å². The Hall–Kier alpha value is -2.28. The molecule has 1 fully saturated rings.